The van der Waals surface area contributed by atoms with Crippen LogP contribution in [0.3, 0.4) is 0 Å². The summed E-state index contributed by atoms with van der Waals surface area (Å²) in [7, 11) is 1.76. The molecule has 1 heterocycles. The molecule has 1 aromatic heterocycles. The molecule has 1 rings (SSSR count). The van der Waals surface area contributed by atoms with Crippen LogP contribution in [0.2, 0.25) is 0 Å². The summed E-state index contributed by atoms with van der Waals surface area (Å²) in [6.07, 6.45) is 5.44. The maximum absolute atomic E-state index is 5.13. The molecule has 1 N–H and O–H groups in total. The van der Waals surface area contributed by atoms with Gasteiger partial charge < -0.3 is 10.1 Å². The van der Waals surface area contributed by atoms with Gasteiger partial charge in [0.15, 0.2) is 0 Å². The monoisotopic (exact) mass is 295 g/mol. The molecule has 0 aliphatic carbocycles. The van der Waals surface area contributed by atoms with Gasteiger partial charge in [-0.05, 0) is 45.6 Å². The third-order valence-electron chi connectivity index (χ3n) is 3.95. The molecule has 0 amide bonds. The Morgan fingerprint density at radius 3 is 2.52 bits per heavy atom. The van der Waals surface area contributed by atoms with Gasteiger partial charge in [-0.15, -0.1) is 0 Å². The molecule has 21 heavy (non-hydrogen) atoms. The quantitative estimate of drug-likeness (QED) is 0.635. The summed E-state index contributed by atoms with van der Waals surface area (Å²) in [5, 5.41) is 8.48. The molecule has 0 radical (unpaired) electrons. The SMILES string of the molecule is CCCNC(C)c1c(CC)nn(CCCCOC)c1CC. The van der Waals surface area contributed by atoms with Gasteiger partial charge in [-0.1, -0.05) is 20.8 Å². The molecule has 0 fully saturated rings. The predicted octanol–water partition coefficient (Wildman–Crippen LogP) is 3.50. The van der Waals surface area contributed by atoms with Crippen LogP contribution in [0.25, 0.3) is 0 Å². The smallest absolute Gasteiger partial charge is 0.0672 e. The minimum Gasteiger partial charge on any atom is -0.385 e. The van der Waals surface area contributed by atoms with Crippen molar-refractivity contribution >= 4 is 0 Å². The van der Waals surface area contributed by atoms with Crippen molar-refractivity contribution in [2.75, 3.05) is 20.3 Å². The van der Waals surface area contributed by atoms with Crippen molar-refractivity contribution in [3.8, 4) is 0 Å². The van der Waals surface area contributed by atoms with Crippen LogP contribution in [-0.2, 0) is 24.1 Å². The van der Waals surface area contributed by atoms with Gasteiger partial charge in [0.2, 0.25) is 0 Å². The standard InChI is InChI=1S/C17H33N3O/c1-6-11-18-14(4)17-15(7-2)19-20(16(17)8-3)12-9-10-13-21-5/h14,18H,6-13H2,1-5H3. The largest absolute Gasteiger partial charge is 0.385 e. The van der Waals surface area contributed by atoms with Gasteiger partial charge in [0.25, 0.3) is 0 Å². The summed E-state index contributed by atoms with van der Waals surface area (Å²) in [6, 6.07) is 0.391. The number of hydrogen-bond donors (Lipinski definition) is 1. The van der Waals surface area contributed by atoms with E-state index >= 15 is 0 Å². The Balaban J connectivity index is 2.87. The summed E-state index contributed by atoms with van der Waals surface area (Å²) in [5.74, 6) is 0. The zero-order valence-electron chi connectivity index (χ0n) is 14.5. The van der Waals surface area contributed by atoms with Crippen molar-refractivity contribution in [2.45, 2.75) is 72.4 Å². The first-order chi connectivity index (χ1) is 10.2. The minimum absolute atomic E-state index is 0.391. The zero-order valence-corrected chi connectivity index (χ0v) is 14.5. The van der Waals surface area contributed by atoms with E-state index in [-0.39, 0.29) is 0 Å². The highest BCUT2D eigenvalue weighted by Crippen LogP contribution is 2.24. The lowest BCUT2D eigenvalue weighted by Gasteiger charge is -2.16. The predicted molar refractivity (Wildman–Crippen MR) is 88.8 cm³/mol. The Kier molecular flexibility index (Phi) is 8.62. The van der Waals surface area contributed by atoms with Crippen LogP contribution in [0.4, 0.5) is 0 Å². The summed E-state index contributed by atoms with van der Waals surface area (Å²) in [4.78, 5) is 0. The van der Waals surface area contributed by atoms with E-state index < -0.39 is 0 Å². The van der Waals surface area contributed by atoms with Gasteiger partial charge in [-0.3, -0.25) is 4.68 Å². The minimum atomic E-state index is 0.391. The first kappa shape index (κ1) is 18.2. The second-order valence-electron chi connectivity index (χ2n) is 5.61. The molecular weight excluding hydrogens is 262 g/mol. The third kappa shape index (κ3) is 5.11. The van der Waals surface area contributed by atoms with Crippen molar-refractivity contribution in [1.82, 2.24) is 15.1 Å². The highest BCUT2D eigenvalue weighted by atomic mass is 16.5. The van der Waals surface area contributed by atoms with Gasteiger partial charge in [0.05, 0.1) is 5.69 Å². The lowest BCUT2D eigenvalue weighted by molar-refractivity contribution is 0.190. The van der Waals surface area contributed by atoms with Crippen LogP contribution in [0, 0.1) is 0 Å². The molecule has 0 spiro atoms. The van der Waals surface area contributed by atoms with E-state index in [0.29, 0.717) is 6.04 Å². The average Bonchev–Trinajstić information content (AvgIpc) is 2.86. The van der Waals surface area contributed by atoms with E-state index in [4.69, 9.17) is 9.84 Å². The van der Waals surface area contributed by atoms with Gasteiger partial charge in [-0.25, -0.2) is 0 Å². The molecule has 0 saturated carbocycles. The molecule has 0 aromatic carbocycles. The zero-order chi connectivity index (χ0) is 15.7. The number of hydrogen-bond acceptors (Lipinski definition) is 3. The fourth-order valence-electron chi connectivity index (χ4n) is 2.86. The number of nitrogens with zero attached hydrogens (tertiary/aromatic N) is 2. The second-order valence-corrected chi connectivity index (χ2v) is 5.61. The van der Waals surface area contributed by atoms with E-state index in [1.165, 1.54) is 23.4 Å². The first-order valence-corrected chi connectivity index (χ1v) is 8.50. The van der Waals surface area contributed by atoms with Crippen LogP contribution < -0.4 is 5.32 Å². The fourth-order valence-corrected chi connectivity index (χ4v) is 2.86. The summed E-state index contributed by atoms with van der Waals surface area (Å²) < 4.78 is 7.36. The van der Waals surface area contributed by atoms with Crippen LogP contribution in [0.5, 0.6) is 0 Å². The number of ether oxygens (including phenoxy) is 1. The maximum Gasteiger partial charge on any atom is 0.0672 e. The van der Waals surface area contributed by atoms with Crippen LogP contribution >= 0.6 is 0 Å². The van der Waals surface area contributed by atoms with Crippen LogP contribution in [0.1, 0.15) is 70.0 Å². The van der Waals surface area contributed by atoms with Gasteiger partial charge in [0.1, 0.15) is 0 Å². The lowest BCUT2D eigenvalue weighted by Crippen LogP contribution is -2.21. The molecular formula is C17H33N3O. The molecule has 0 aliphatic rings. The first-order valence-electron chi connectivity index (χ1n) is 8.50. The third-order valence-corrected chi connectivity index (χ3v) is 3.95. The number of nitrogens with one attached hydrogen (secondary N) is 1. The molecule has 0 saturated heterocycles. The van der Waals surface area contributed by atoms with E-state index in [1.807, 2.05) is 0 Å². The molecule has 4 heteroatoms. The van der Waals surface area contributed by atoms with E-state index in [9.17, 15) is 0 Å². The van der Waals surface area contributed by atoms with Crippen LogP contribution in [-0.4, -0.2) is 30.0 Å². The molecule has 1 aromatic rings. The molecule has 1 unspecified atom stereocenters. The number of aromatic nitrogens is 2. The number of rotatable bonds is 11. The Bertz CT molecular complexity index is 401. The summed E-state index contributed by atoms with van der Waals surface area (Å²) in [5.41, 5.74) is 4.09. The van der Waals surface area contributed by atoms with E-state index in [0.717, 1.165) is 45.4 Å². The molecule has 0 bridgehead atoms. The van der Waals surface area contributed by atoms with Gasteiger partial charge in [-0.2, -0.15) is 5.10 Å². The Morgan fingerprint density at radius 1 is 1.19 bits per heavy atom. The number of methoxy groups -OCH3 is 1. The second kappa shape index (κ2) is 9.96. The fraction of sp³-hybridized carbons (Fsp3) is 0.824. The molecule has 122 valence electrons. The molecule has 1 atom stereocenters. The van der Waals surface area contributed by atoms with E-state index in [2.05, 4.69) is 37.7 Å². The van der Waals surface area contributed by atoms with Gasteiger partial charge >= 0.3 is 0 Å². The topological polar surface area (TPSA) is 39.1 Å². The summed E-state index contributed by atoms with van der Waals surface area (Å²) >= 11 is 0. The highest BCUT2D eigenvalue weighted by molar-refractivity contribution is 5.30. The van der Waals surface area contributed by atoms with Crippen LogP contribution in [0.15, 0.2) is 0 Å². The van der Waals surface area contributed by atoms with Crippen molar-refractivity contribution in [3.63, 3.8) is 0 Å². The summed E-state index contributed by atoms with van der Waals surface area (Å²) in [6.45, 7) is 11.8. The van der Waals surface area contributed by atoms with Crippen molar-refractivity contribution in [2.24, 2.45) is 0 Å². The van der Waals surface area contributed by atoms with Crippen molar-refractivity contribution < 1.29 is 4.74 Å². The Labute approximate surface area is 130 Å². The van der Waals surface area contributed by atoms with Crippen molar-refractivity contribution in [1.29, 1.82) is 0 Å². The highest BCUT2D eigenvalue weighted by Gasteiger charge is 2.19. The van der Waals surface area contributed by atoms with E-state index in [1.54, 1.807) is 7.11 Å². The Morgan fingerprint density at radius 2 is 1.95 bits per heavy atom. The molecule has 0 aliphatic heterocycles. The number of unbranched alkanes of at least 4 members (excludes halogenated alkanes) is 1. The van der Waals surface area contributed by atoms with Crippen molar-refractivity contribution in [3.05, 3.63) is 17.0 Å². The number of aryl methyl sites for hydroxylation is 2. The maximum atomic E-state index is 5.13. The normalized spacial score (nSPS) is 12.8. The lowest BCUT2D eigenvalue weighted by atomic mass is 10.0. The van der Waals surface area contributed by atoms with Gasteiger partial charge in [0, 0.05) is 37.6 Å². The molecule has 4 nitrogen and oxygen atoms in total. The Hall–Kier alpha value is -0.870. The average molecular weight is 295 g/mol.